The Morgan fingerprint density at radius 2 is 1.97 bits per heavy atom. The van der Waals surface area contributed by atoms with Crippen LogP contribution in [0.15, 0.2) is 36.5 Å². The van der Waals surface area contributed by atoms with Crippen LogP contribution in [0.25, 0.3) is 11.3 Å². The number of thiocarbonyl (C=S) groups is 1. The summed E-state index contributed by atoms with van der Waals surface area (Å²) in [6, 6.07) is 7.43. The van der Waals surface area contributed by atoms with E-state index in [0.29, 0.717) is 28.6 Å². The first kappa shape index (κ1) is 23.1. The summed E-state index contributed by atoms with van der Waals surface area (Å²) in [5.41, 5.74) is 3.94. The van der Waals surface area contributed by atoms with Crippen LogP contribution >= 0.6 is 12.2 Å². The van der Waals surface area contributed by atoms with Gasteiger partial charge in [0.25, 0.3) is 0 Å². The molecular formula is C23H23F3N6S. The van der Waals surface area contributed by atoms with E-state index in [-0.39, 0.29) is 5.69 Å². The predicted molar refractivity (Wildman–Crippen MR) is 127 cm³/mol. The lowest BCUT2D eigenvalue weighted by Gasteiger charge is -2.14. The Morgan fingerprint density at radius 1 is 1.15 bits per heavy atom. The third-order valence-corrected chi connectivity index (χ3v) is 5.59. The molecule has 1 aliphatic heterocycles. The maximum absolute atomic E-state index is 13.2. The molecule has 0 radical (unpaired) electrons. The van der Waals surface area contributed by atoms with Gasteiger partial charge >= 0.3 is 6.18 Å². The summed E-state index contributed by atoms with van der Waals surface area (Å²) in [6.07, 6.45) is -0.589. The van der Waals surface area contributed by atoms with Crippen molar-refractivity contribution >= 4 is 34.5 Å². The molecule has 172 valence electrons. The van der Waals surface area contributed by atoms with Gasteiger partial charge in [0.2, 0.25) is 5.95 Å². The van der Waals surface area contributed by atoms with Crippen molar-refractivity contribution in [2.75, 3.05) is 24.2 Å². The highest BCUT2D eigenvalue weighted by Gasteiger charge is 2.32. The fourth-order valence-electron chi connectivity index (χ4n) is 3.68. The van der Waals surface area contributed by atoms with Crippen LogP contribution < -0.4 is 16.0 Å². The Bertz CT molecular complexity index is 1200. The van der Waals surface area contributed by atoms with Crippen LogP contribution in [0.5, 0.6) is 0 Å². The molecule has 33 heavy (non-hydrogen) atoms. The largest absolute Gasteiger partial charge is 0.416 e. The minimum absolute atomic E-state index is 0.280. The van der Waals surface area contributed by atoms with Gasteiger partial charge in [0.05, 0.1) is 27.6 Å². The zero-order valence-electron chi connectivity index (χ0n) is 18.2. The zero-order chi connectivity index (χ0) is 23.6. The van der Waals surface area contributed by atoms with Gasteiger partial charge in [-0.3, -0.25) is 4.98 Å². The first-order valence-electron chi connectivity index (χ1n) is 10.5. The Morgan fingerprint density at radius 3 is 2.70 bits per heavy atom. The van der Waals surface area contributed by atoms with Crippen LogP contribution in [-0.2, 0) is 19.0 Å². The monoisotopic (exact) mass is 472 g/mol. The molecule has 0 bridgehead atoms. The first-order chi connectivity index (χ1) is 15.7. The van der Waals surface area contributed by atoms with Crippen molar-refractivity contribution in [3.8, 4) is 11.3 Å². The lowest BCUT2D eigenvalue weighted by Crippen LogP contribution is -2.11. The predicted octanol–water partition coefficient (Wildman–Crippen LogP) is 5.06. The molecule has 3 heterocycles. The first-order valence-corrected chi connectivity index (χ1v) is 10.9. The molecule has 2 aromatic heterocycles. The van der Waals surface area contributed by atoms with Crippen molar-refractivity contribution in [3.63, 3.8) is 0 Å². The number of rotatable bonds is 6. The number of halogens is 3. The standard InChI is InChI=1S/C23H23F3N6S/c1-13-18(8-6-16(29-13)4-3-9-27-2)31-22-28-12-14-10-20(33)30-19-11-15(23(24,25)26)5-7-17(19)21(14)32-22/h5-8,11-12,27H,3-4,9-10H2,1-2H3,(H,30,33)(H,28,31,32). The van der Waals surface area contributed by atoms with Crippen molar-refractivity contribution in [3.05, 3.63) is 59.0 Å². The van der Waals surface area contributed by atoms with Gasteiger partial charge in [-0.05, 0) is 57.6 Å². The second-order valence-electron chi connectivity index (χ2n) is 7.82. The summed E-state index contributed by atoms with van der Waals surface area (Å²) >= 11 is 5.31. The van der Waals surface area contributed by atoms with E-state index in [4.69, 9.17) is 12.2 Å². The second kappa shape index (κ2) is 9.40. The molecule has 4 rings (SSSR count). The van der Waals surface area contributed by atoms with E-state index in [1.807, 2.05) is 26.1 Å². The highest BCUT2D eigenvalue weighted by atomic mass is 32.1. The molecule has 0 atom stereocenters. The van der Waals surface area contributed by atoms with Crippen LogP contribution in [0.4, 0.5) is 30.5 Å². The van der Waals surface area contributed by atoms with Crippen molar-refractivity contribution in [1.29, 1.82) is 0 Å². The molecule has 0 fully saturated rings. The molecular weight excluding hydrogens is 449 g/mol. The van der Waals surface area contributed by atoms with E-state index in [9.17, 15) is 13.2 Å². The van der Waals surface area contributed by atoms with Gasteiger partial charge < -0.3 is 16.0 Å². The number of pyridine rings is 1. The molecule has 0 saturated heterocycles. The number of alkyl halides is 3. The average Bonchev–Trinajstić information content (AvgIpc) is 2.90. The molecule has 6 nitrogen and oxygen atoms in total. The fourth-order valence-corrected chi connectivity index (χ4v) is 3.94. The zero-order valence-corrected chi connectivity index (χ0v) is 19.0. The van der Waals surface area contributed by atoms with E-state index in [0.717, 1.165) is 54.2 Å². The third-order valence-electron chi connectivity index (χ3n) is 5.34. The Hall–Kier alpha value is -3.11. The highest BCUT2D eigenvalue weighted by Crippen LogP contribution is 2.38. The maximum atomic E-state index is 13.2. The number of hydrogen-bond acceptors (Lipinski definition) is 6. The number of nitrogens with zero attached hydrogens (tertiary/aromatic N) is 3. The summed E-state index contributed by atoms with van der Waals surface area (Å²) in [6.45, 7) is 2.83. The van der Waals surface area contributed by atoms with Crippen LogP contribution in [0.1, 0.15) is 28.9 Å². The summed E-state index contributed by atoms with van der Waals surface area (Å²) < 4.78 is 39.6. The second-order valence-corrected chi connectivity index (χ2v) is 8.31. The van der Waals surface area contributed by atoms with Gasteiger partial charge in [-0.1, -0.05) is 18.3 Å². The maximum Gasteiger partial charge on any atom is 0.416 e. The van der Waals surface area contributed by atoms with Gasteiger partial charge in [0.15, 0.2) is 0 Å². The number of benzene rings is 1. The molecule has 1 aliphatic rings. The quantitative estimate of drug-likeness (QED) is 0.342. The number of hydrogen-bond donors (Lipinski definition) is 3. The van der Waals surface area contributed by atoms with E-state index in [1.165, 1.54) is 6.07 Å². The van der Waals surface area contributed by atoms with E-state index in [1.54, 1.807) is 6.20 Å². The molecule has 3 aromatic rings. The van der Waals surface area contributed by atoms with Crippen molar-refractivity contribution in [2.45, 2.75) is 32.4 Å². The molecule has 0 saturated carbocycles. The molecule has 0 spiro atoms. The normalized spacial score (nSPS) is 13.1. The molecule has 0 amide bonds. The Balaban J connectivity index is 1.64. The summed E-state index contributed by atoms with van der Waals surface area (Å²) in [4.78, 5) is 14.1. The van der Waals surface area contributed by atoms with Crippen molar-refractivity contribution in [1.82, 2.24) is 20.3 Å². The van der Waals surface area contributed by atoms with Crippen LogP contribution in [-0.4, -0.2) is 33.5 Å². The molecule has 3 N–H and O–H groups in total. The van der Waals surface area contributed by atoms with Gasteiger partial charge in [0.1, 0.15) is 0 Å². The Kier molecular flexibility index (Phi) is 6.57. The minimum Gasteiger partial charge on any atom is -0.349 e. The number of fused-ring (bicyclic) bond motifs is 3. The lowest BCUT2D eigenvalue weighted by molar-refractivity contribution is -0.137. The third kappa shape index (κ3) is 5.28. The van der Waals surface area contributed by atoms with Crippen LogP contribution in [0.3, 0.4) is 0 Å². The van der Waals surface area contributed by atoms with Crippen LogP contribution in [0.2, 0.25) is 0 Å². The molecule has 1 aromatic carbocycles. The SMILES string of the molecule is CNCCCc1ccc(Nc2ncc3c(n2)-c2ccc(C(F)(F)F)cc2NC(=S)C3)c(C)n1. The van der Waals surface area contributed by atoms with Gasteiger partial charge in [-0.15, -0.1) is 0 Å². The van der Waals surface area contributed by atoms with E-state index >= 15 is 0 Å². The summed E-state index contributed by atoms with van der Waals surface area (Å²) in [7, 11) is 1.92. The summed E-state index contributed by atoms with van der Waals surface area (Å²) in [5, 5.41) is 9.22. The van der Waals surface area contributed by atoms with Crippen LogP contribution in [0, 0.1) is 6.92 Å². The molecule has 10 heteroatoms. The minimum atomic E-state index is -4.45. The van der Waals surface area contributed by atoms with Crippen molar-refractivity contribution < 1.29 is 13.2 Å². The van der Waals surface area contributed by atoms with E-state index < -0.39 is 11.7 Å². The number of aromatic nitrogens is 3. The number of aryl methyl sites for hydroxylation is 2. The molecule has 0 unspecified atom stereocenters. The lowest BCUT2D eigenvalue weighted by atomic mass is 10.0. The van der Waals surface area contributed by atoms with Crippen molar-refractivity contribution in [2.24, 2.45) is 0 Å². The molecule has 0 aliphatic carbocycles. The topological polar surface area (TPSA) is 74.8 Å². The highest BCUT2D eigenvalue weighted by molar-refractivity contribution is 7.80. The Labute approximate surface area is 195 Å². The number of anilines is 3. The summed E-state index contributed by atoms with van der Waals surface area (Å²) in [5.74, 6) is 0.334. The van der Waals surface area contributed by atoms with Gasteiger partial charge in [0, 0.05) is 35.1 Å². The average molecular weight is 473 g/mol. The number of nitrogens with one attached hydrogen (secondary N) is 3. The fraction of sp³-hybridized carbons (Fsp3) is 0.304. The van der Waals surface area contributed by atoms with E-state index in [2.05, 4.69) is 30.9 Å². The smallest absolute Gasteiger partial charge is 0.349 e. The van der Waals surface area contributed by atoms with Gasteiger partial charge in [-0.25, -0.2) is 9.97 Å². The van der Waals surface area contributed by atoms with Gasteiger partial charge in [-0.2, -0.15) is 13.2 Å².